The lowest BCUT2D eigenvalue weighted by atomic mass is 10.1. The summed E-state index contributed by atoms with van der Waals surface area (Å²) in [6.45, 7) is 6.42. The van der Waals surface area contributed by atoms with E-state index in [0.29, 0.717) is 5.92 Å². The van der Waals surface area contributed by atoms with Crippen LogP contribution in [0.25, 0.3) is 0 Å². The second-order valence-corrected chi connectivity index (χ2v) is 3.69. The van der Waals surface area contributed by atoms with Crippen molar-refractivity contribution in [2.24, 2.45) is 5.92 Å². The maximum absolute atomic E-state index is 9.44. The topological polar surface area (TPSA) is 20.2 Å². The van der Waals surface area contributed by atoms with E-state index >= 15 is 0 Å². The predicted octanol–water partition coefficient (Wildman–Crippen LogP) is 3.14. The molecule has 0 aromatic heterocycles. The fourth-order valence-electron chi connectivity index (χ4n) is 1.05. The minimum Gasteiger partial charge on any atom is -0.389 e. The van der Waals surface area contributed by atoms with E-state index in [2.05, 4.69) is 26.8 Å². The number of hydrogen-bond acceptors (Lipinski definition) is 1. The van der Waals surface area contributed by atoms with E-state index in [0.717, 1.165) is 12.8 Å². The van der Waals surface area contributed by atoms with Gasteiger partial charge in [0, 0.05) is 0 Å². The van der Waals surface area contributed by atoms with Gasteiger partial charge in [0.25, 0.3) is 0 Å². The molecule has 0 fully saturated rings. The Bertz CT molecular complexity index is 116. The van der Waals surface area contributed by atoms with Crippen molar-refractivity contribution in [2.45, 2.75) is 52.6 Å². The number of rotatable bonds is 6. The second-order valence-electron chi connectivity index (χ2n) is 3.69. The highest BCUT2D eigenvalue weighted by Gasteiger charge is 1.97. The second kappa shape index (κ2) is 7.35. The van der Waals surface area contributed by atoms with E-state index in [1.807, 2.05) is 6.08 Å². The Morgan fingerprint density at radius 3 is 2.33 bits per heavy atom. The Hall–Kier alpha value is -0.300. The number of hydrogen-bond donors (Lipinski definition) is 1. The third kappa shape index (κ3) is 7.80. The number of allylic oxidation sites excluding steroid dienone is 1. The first kappa shape index (κ1) is 11.7. The van der Waals surface area contributed by atoms with Gasteiger partial charge in [0.1, 0.15) is 0 Å². The van der Waals surface area contributed by atoms with Gasteiger partial charge in [-0.1, -0.05) is 52.2 Å². The first-order chi connectivity index (χ1) is 5.66. The Kier molecular flexibility index (Phi) is 7.17. The Balaban J connectivity index is 3.38. The minimum atomic E-state index is -0.223. The van der Waals surface area contributed by atoms with Gasteiger partial charge in [0.2, 0.25) is 0 Å². The van der Waals surface area contributed by atoms with Crippen molar-refractivity contribution in [2.75, 3.05) is 0 Å². The van der Waals surface area contributed by atoms with Crippen molar-refractivity contribution >= 4 is 0 Å². The molecule has 0 bridgehead atoms. The maximum Gasteiger partial charge on any atom is 0.0721 e. The van der Waals surface area contributed by atoms with Crippen molar-refractivity contribution in [1.29, 1.82) is 0 Å². The summed E-state index contributed by atoms with van der Waals surface area (Å²) in [6.07, 6.45) is 8.26. The SMILES string of the molecule is CCCCCC(O)/C=C/C(C)C. The number of unbranched alkanes of at least 4 members (excludes halogenated alkanes) is 2. The molecule has 0 aliphatic rings. The van der Waals surface area contributed by atoms with Crippen LogP contribution in [-0.2, 0) is 0 Å². The van der Waals surface area contributed by atoms with Crippen LogP contribution >= 0.6 is 0 Å². The molecule has 1 heteroatoms. The molecule has 1 atom stereocenters. The van der Waals surface area contributed by atoms with Crippen molar-refractivity contribution in [1.82, 2.24) is 0 Å². The lowest BCUT2D eigenvalue weighted by molar-refractivity contribution is 0.207. The number of aliphatic hydroxyl groups is 1. The molecule has 1 N–H and O–H groups in total. The Morgan fingerprint density at radius 2 is 1.83 bits per heavy atom. The van der Waals surface area contributed by atoms with Crippen LogP contribution < -0.4 is 0 Å². The largest absolute Gasteiger partial charge is 0.389 e. The van der Waals surface area contributed by atoms with Gasteiger partial charge in [-0.2, -0.15) is 0 Å². The summed E-state index contributed by atoms with van der Waals surface area (Å²) in [5.41, 5.74) is 0. The Labute approximate surface area is 76.5 Å². The van der Waals surface area contributed by atoms with Gasteiger partial charge in [-0.3, -0.25) is 0 Å². The first-order valence-corrected chi connectivity index (χ1v) is 5.03. The summed E-state index contributed by atoms with van der Waals surface area (Å²) in [5.74, 6) is 0.547. The van der Waals surface area contributed by atoms with Crippen LogP contribution in [0.1, 0.15) is 46.5 Å². The van der Waals surface area contributed by atoms with Crippen LogP contribution in [0.4, 0.5) is 0 Å². The van der Waals surface area contributed by atoms with E-state index in [-0.39, 0.29) is 6.10 Å². The molecule has 72 valence electrons. The van der Waals surface area contributed by atoms with Crippen LogP contribution in [0, 0.1) is 5.92 Å². The highest BCUT2D eigenvalue weighted by atomic mass is 16.3. The molecule has 0 aliphatic heterocycles. The van der Waals surface area contributed by atoms with Crippen LogP contribution in [0.5, 0.6) is 0 Å². The van der Waals surface area contributed by atoms with Gasteiger partial charge < -0.3 is 5.11 Å². The van der Waals surface area contributed by atoms with Crippen LogP contribution in [0.15, 0.2) is 12.2 Å². The zero-order chi connectivity index (χ0) is 9.40. The monoisotopic (exact) mass is 170 g/mol. The quantitative estimate of drug-likeness (QED) is 0.479. The molecule has 0 heterocycles. The van der Waals surface area contributed by atoms with E-state index in [1.165, 1.54) is 12.8 Å². The molecular formula is C11H22O. The summed E-state index contributed by atoms with van der Waals surface area (Å²) < 4.78 is 0. The fraction of sp³-hybridized carbons (Fsp3) is 0.818. The molecule has 0 aliphatic carbocycles. The molecule has 0 aromatic carbocycles. The average Bonchev–Trinajstić information content (AvgIpc) is 2.01. The van der Waals surface area contributed by atoms with E-state index in [1.54, 1.807) is 0 Å². The van der Waals surface area contributed by atoms with Gasteiger partial charge >= 0.3 is 0 Å². The van der Waals surface area contributed by atoms with Crippen molar-refractivity contribution in [3.8, 4) is 0 Å². The summed E-state index contributed by atoms with van der Waals surface area (Å²) in [4.78, 5) is 0. The van der Waals surface area contributed by atoms with Crippen LogP contribution in [-0.4, -0.2) is 11.2 Å². The smallest absolute Gasteiger partial charge is 0.0721 e. The van der Waals surface area contributed by atoms with Gasteiger partial charge in [-0.25, -0.2) is 0 Å². The molecule has 0 rings (SSSR count). The lowest BCUT2D eigenvalue weighted by Crippen LogP contribution is -2.01. The van der Waals surface area contributed by atoms with Crippen LogP contribution in [0.3, 0.4) is 0 Å². The normalized spacial score (nSPS) is 14.4. The minimum absolute atomic E-state index is 0.223. The molecule has 0 radical (unpaired) electrons. The molecular weight excluding hydrogens is 148 g/mol. The molecule has 0 aromatic rings. The average molecular weight is 170 g/mol. The van der Waals surface area contributed by atoms with E-state index in [9.17, 15) is 5.11 Å². The predicted molar refractivity (Wildman–Crippen MR) is 54.1 cm³/mol. The zero-order valence-electron chi connectivity index (χ0n) is 8.59. The van der Waals surface area contributed by atoms with Gasteiger partial charge in [0.05, 0.1) is 6.10 Å². The molecule has 0 saturated heterocycles. The summed E-state index contributed by atoms with van der Waals surface area (Å²) in [7, 11) is 0. The molecule has 0 saturated carbocycles. The molecule has 0 spiro atoms. The van der Waals surface area contributed by atoms with Crippen molar-refractivity contribution in [3.05, 3.63) is 12.2 Å². The summed E-state index contributed by atoms with van der Waals surface area (Å²) in [5, 5.41) is 9.44. The molecule has 1 unspecified atom stereocenters. The van der Waals surface area contributed by atoms with Gasteiger partial charge in [0.15, 0.2) is 0 Å². The van der Waals surface area contributed by atoms with Crippen molar-refractivity contribution in [3.63, 3.8) is 0 Å². The lowest BCUT2D eigenvalue weighted by Gasteiger charge is -2.04. The fourth-order valence-corrected chi connectivity index (χ4v) is 1.05. The van der Waals surface area contributed by atoms with Gasteiger partial charge in [-0.15, -0.1) is 0 Å². The zero-order valence-corrected chi connectivity index (χ0v) is 8.59. The maximum atomic E-state index is 9.44. The third-order valence-corrected chi connectivity index (χ3v) is 1.82. The summed E-state index contributed by atoms with van der Waals surface area (Å²) >= 11 is 0. The van der Waals surface area contributed by atoms with Crippen molar-refractivity contribution < 1.29 is 5.11 Å². The Morgan fingerprint density at radius 1 is 1.17 bits per heavy atom. The van der Waals surface area contributed by atoms with Gasteiger partial charge in [-0.05, 0) is 12.3 Å². The molecule has 12 heavy (non-hydrogen) atoms. The molecule has 1 nitrogen and oxygen atoms in total. The highest BCUT2D eigenvalue weighted by molar-refractivity contribution is 4.90. The number of aliphatic hydroxyl groups excluding tert-OH is 1. The van der Waals surface area contributed by atoms with E-state index < -0.39 is 0 Å². The van der Waals surface area contributed by atoms with Crippen LogP contribution in [0.2, 0.25) is 0 Å². The summed E-state index contributed by atoms with van der Waals surface area (Å²) in [6, 6.07) is 0. The standard InChI is InChI=1S/C11H22O/c1-4-5-6-7-11(12)9-8-10(2)3/h8-12H,4-7H2,1-3H3/b9-8+. The van der Waals surface area contributed by atoms with E-state index in [4.69, 9.17) is 0 Å². The first-order valence-electron chi connectivity index (χ1n) is 5.03. The highest BCUT2D eigenvalue weighted by Crippen LogP contribution is 2.05. The molecule has 0 amide bonds. The third-order valence-electron chi connectivity index (χ3n) is 1.82.